The minimum absolute atomic E-state index is 0.0671. The van der Waals surface area contributed by atoms with Gasteiger partial charge in [0, 0.05) is 38.6 Å². The van der Waals surface area contributed by atoms with E-state index in [4.69, 9.17) is 9.47 Å². The van der Waals surface area contributed by atoms with Crippen molar-refractivity contribution in [3.63, 3.8) is 0 Å². The van der Waals surface area contributed by atoms with Crippen LogP contribution < -0.4 is 10.1 Å². The Hall–Kier alpha value is -1.92. The topological polar surface area (TPSA) is 48.3 Å². The number of hydrogen-bond donors (Lipinski definition) is 1. The summed E-state index contributed by atoms with van der Waals surface area (Å²) in [5.41, 5.74) is 0.886. The van der Waals surface area contributed by atoms with Gasteiger partial charge >= 0.3 is 0 Å². The lowest BCUT2D eigenvalue weighted by Gasteiger charge is -2.20. The first-order valence-electron chi connectivity index (χ1n) is 7.92. The summed E-state index contributed by atoms with van der Waals surface area (Å²) in [5, 5.41) is 3.46. The standard InChI is InChI=1S/C17H22FN3O2/c1-3-22-15-5-4-12(10-13(15)18)11-20-14-6-9-23-16(14)17-19-7-8-21(17)2/h4-5,7-8,10,14,16,20H,3,6,9,11H2,1-2H3/t14-,16-/m0/s1. The molecule has 1 aliphatic rings. The molecule has 1 aromatic carbocycles. The van der Waals surface area contributed by atoms with Gasteiger partial charge in [-0.1, -0.05) is 6.07 Å². The molecule has 1 fully saturated rings. The molecule has 23 heavy (non-hydrogen) atoms. The molecule has 2 heterocycles. The average molecular weight is 319 g/mol. The predicted octanol–water partition coefficient (Wildman–Crippen LogP) is 2.58. The Labute approximate surface area is 135 Å². The number of aromatic nitrogens is 2. The third-order valence-corrected chi connectivity index (χ3v) is 4.07. The van der Waals surface area contributed by atoms with E-state index in [1.165, 1.54) is 6.07 Å². The second-order valence-electron chi connectivity index (χ2n) is 5.66. The number of ether oxygens (including phenoxy) is 2. The first-order chi connectivity index (χ1) is 11.2. The molecule has 1 saturated heterocycles. The maximum absolute atomic E-state index is 13.9. The molecule has 0 amide bonds. The van der Waals surface area contributed by atoms with E-state index in [1.807, 2.05) is 30.8 Å². The summed E-state index contributed by atoms with van der Waals surface area (Å²) in [6, 6.07) is 5.25. The molecule has 124 valence electrons. The molecule has 0 radical (unpaired) electrons. The number of halogens is 1. The molecule has 2 aromatic rings. The molecule has 0 bridgehead atoms. The molecule has 1 N–H and O–H groups in total. The third kappa shape index (κ3) is 3.54. The Morgan fingerprint density at radius 1 is 1.48 bits per heavy atom. The first-order valence-corrected chi connectivity index (χ1v) is 7.92. The van der Waals surface area contributed by atoms with E-state index in [9.17, 15) is 4.39 Å². The molecule has 0 unspecified atom stereocenters. The lowest BCUT2D eigenvalue weighted by molar-refractivity contribution is 0.0893. The number of nitrogens with one attached hydrogen (secondary N) is 1. The van der Waals surface area contributed by atoms with Crippen molar-refractivity contribution in [3.8, 4) is 5.75 Å². The summed E-state index contributed by atoms with van der Waals surface area (Å²) in [6.45, 7) is 3.58. The van der Waals surface area contributed by atoms with E-state index in [2.05, 4.69) is 10.3 Å². The van der Waals surface area contributed by atoms with Gasteiger partial charge in [-0.15, -0.1) is 0 Å². The second-order valence-corrected chi connectivity index (χ2v) is 5.66. The van der Waals surface area contributed by atoms with Crippen LogP contribution in [0.2, 0.25) is 0 Å². The lowest BCUT2D eigenvalue weighted by Crippen LogP contribution is -2.32. The molecule has 0 aliphatic carbocycles. The molecule has 0 saturated carbocycles. The van der Waals surface area contributed by atoms with Crippen LogP contribution in [0, 0.1) is 5.82 Å². The van der Waals surface area contributed by atoms with Crippen LogP contribution in [0.5, 0.6) is 5.75 Å². The van der Waals surface area contributed by atoms with Crippen molar-refractivity contribution in [1.29, 1.82) is 0 Å². The molecule has 1 aromatic heterocycles. The first kappa shape index (κ1) is 16.0. The van der Waals surface area contributed by atoms with Crippen molar-refractivity contribution in [1.82, 2.24) is 14.9 Å². The number of rotatable bonds is 6. The Bertz CT molecular complexity index is 659. The Kier molecular flexibility index (Phi) is 4.93. The van der Waals surface area contributed by atoms with Crippen molar-refractivity contribution in [2.45, 2.75) is 32.0 Å². The molecule has 5 nitrogen and oxygen atoms in total. The highest BCUT2D eigenvalue weighted by molar-refractivity contribution is 5.29. The molecule has 0 spiro atoms. The second kappa shape index (κ2) is 7.10. The van der Waals surface area contributed by atoms with E-state index >= 15 is 0 Å². The van der Waals surface area contributed by atoms with E-state index < -0.39 is 0 Å². The summed E-state index contributed by atoms with van der Waals surface area (Å²) in [4.78, 5) is 4.37. The van der Waals surface area contributed by atoms with Gasteiger partial charge < -0.3 is 19.4 Å². The number of benzene rings is 1. The summed E-state index contributed by atoms with van der Waals surface area (Å²) in [7, 11) is 1.96. The predicted molar refractivity (Wildman–Crippen MR) is 84.7 cm³/mol. The molecule has 3 rings (SSSR count). The maximum atomic E-state index is 13.9. The highest BCUT2D eigenvalue weighted by Crippen LogP contribution is 2.28. The number of imidazole rings is 1. The van der Waals surface area contributed by atoms with Crippen LogP contribution >= 0.6 is 0 Å². The van der Waals surface area contributed by atoms with Crippen molar-refractivity contribution < 1.29 is 13.9 Å². The van der Waals surface area contributed by atoms with Crippen molar-refractivity contribution in [3.05, 3.63) is 47.8 Å². The van der Waals surface area contributed by atoms with Crippen LogP contribution in [0.25, 0.3) is 0 Å². The fraction of sp³-hybridized carbons (Fsp3) is 0.471. The Balaban J connectivity index is 1.63. The van der Waals surface area contributed by atoms with E-state index in [1.54, 1.807) is 12.3 Å². The van der Waals surface area contributed by atoms with Crippen LogP contribution in [0.15, 0.2) is 30.6 Å². The molecule has 6 heteroatoms. The van der Waals surface area contributed by atoms with E-state index in [-0.39, 0.29) is 18.0 Å². The van der Waals surface area contributed by atoms with Crippen LogP contribution in [0.3, 0.4) is 0 Å². The SMILES string of the molecule is CCOc1ccc(CN[C@H]2CCO[C@@H]2c2nccn2C)cc1F. The molecular formula is C17H22FN3O2. The zero-order valence-corrected chi connectivity index (χ0v) is 13.5. The fourth-order valence-corrected chi connectivity index (χ4v) is 2.88. The number of nitrogens with zero attached hydrogens (tertiary/aromatic N) is 2. The Morgan fingerprint density at radius 3 is 3.04 bits per heavy atom. The van der Waals surface area contributed by atoms with E-state index in [0.717, 1.165) is 17.8 Å². The summed E-state index contributed by atoms with van der Waals surface area (Å²) in [5.74, 6) is 0.888. The highest BCUT2D eigenvalue weighted by atomic mass is 19.1. The summed E-state index contributed by atoms with van der Waals surface area (Å²) >= 11 is 0. The normalized spacial score (nSPS) is 20.8. The Morgan fingerprint density at radius 2 is 2.35 bits per heavy atom. The number of hydrogen-bond acceptors (Lipinski definition) is 4. The number of aryl methyl sites for hydroxylation is 1. The smallest absolute Gasteiger partial charge is 0.165 e. The molecule has 2 atom stereocenters. The highest BCUT2D eigenvalue weighted by Gasteiger charge is 2.31. The third-order valence-electron chi connectivity index (χ3n) is 4.07. The minimum Gasteiger partial charge on any atom is -0.491 e. The van der Waals surface area contributed by atoms with Gasteiger partial charge in [-0.3, -0.25) is 0 Å². The van der Waals surface area contributed by atoms with Gasteiger partial charge in [0.2, 0.25) is 0 Å². The van der Waals surface area contributed by atoms with Gasteiger partial charge in [0.1, 0.15) is 11.9 Å². The van der Waals surface area contributed by atoms with Crippen LogP contribution in [-0.2, 0) is 18.3 Å². The van der Waals surface area contributed by atoms with Crippen LogP contribution in [-0.4, -0.2) is 28.8 Å². The van der Waals surface area contributed by atoms with Crippen molar-refractivity contribution in [2.75, 3.05) is 13.2 Å². The minimum atomic E-state index is -0.325. The zero-order valence-electron chi connectivity index (χ0n) is 13.5. The van der Waals surface area contributed by atoms with Gasteiger partial charge in [-0.2, -0.15) is 0 Å². The zero-order chi connectivity index (χ0) is 16.2. The molecular weight excluding hydrogens is 297 g/mol. The monoisotopic (exact) mass is 319 g/mol. The van der Waals surface area contributed by atoms with Crippen LogP contribution in [0.1, 0.15) is 30.8 Å². The van der Waals surface area contributed by atoms with Gasteiger partial charge in [-0.25, -0.2) is 9.37 Å². The van der Waals surface area contributed by atoms with Crippen molar-refractivity contribution in [2.24, 2.45) is 7.05 Å². The van der Waals surface area contributed by atoms with Crippen LogP contribution in [0.4, 0.5) is 4.39 Å². The molecule has 1 aliphatic heterocycles. The van der Waals surface area contributed by atoms with Gasteiger partial charge in [0.15, 0.2) is 11.6 Å². The summed E-state index contributed by atoms with van der Waals surface area (Å²) < 4.78 is 26.9. The van der Waals surface area contributed by atoms with Gasteiger partial charge in [-0.05, 0) is 31.0 Å². The lowest BCUT2D eigenvalue weighted by atomic mass is 10.1. The van der Waals surface area contributed by atoms with Gasteiger partial charge in [0.25, 0.3) is 0 Å². The quantitative estimate of drug-likeness (QED) is 0.889. The summed E-state index contributed by atoms with van der Waals surface area (Å²) in [6.07, 6.45) is 4.53. The van der Waals surface area contributed by atoms with E-state index in [0.29, 0.717) is 25.5 Å². The average Bonchev–Trinajstić information content (AvgIpc) is 3.16. The van der Waals surface area contributed by atoms with Crippen molar-refractivity contribution >= 4 is 0 Å². The van der Waals surface area contributed by atoms with Gasteiger partial charge in [0.05, 0.1) is 6.61 Å². The largest absolute Gasteiger partial charge is 0.491 e. The fourth-order valence-electron chi connectivity index (χ4n) is 2.88. The maximum Gasteiger partial charge on any atom is 0.165 e.